The van der Waals surface area contributed by atoms with Gasteiger partial charge in [0.2, 0.25) is 0 Å². The Morgan fingerprint density at radius 3 is 2.87 bits per heavy atom. The molecule has 31 heavy (non-hydrogen) atoms. The van der Waals surface area contributed by atoms with Crippen LogP contribution < -0.4 is 0 Å². The smallest absolute Gasteiger partial charge is 0.274 e. The Balaban J connectivity index is 1.36. The third kappa shape index (κ3) is 3.44. The van der Waals surface area contributed by atoms with Crippen LogP contribution in [0, 0.1) is 5.92 Å². The average molecular weight is 435 g/mol. The van der Waals surface area contributed by atoms with E-state index in [1.54, 1.807) is 0 Å². The number of aromatic nitrogens is 2. The molecule has 0 spiro atoms. The Kier molecular flexibility index (Phi) is 4.77. The molecule has 2 bridgehead atoms. The predicted molar refractivity (Wildman–Crippen MR) is 121 cm³/mol. The van der Waals surface area contributed by atoms with E-state index in [2.05, 4.69) is 29.2 Å². The topological polar surface area (TPSA) is 40.9 Å². The summed E-state index contributed by atoms with van der Waals surface area (Å²) in [5.74, 6) is 0.839. The van der Waals surface area contributed by atoms with Crippen molar-refractivity contribution in [3.05, 3.63) is 70.1 Å². The van der Waals surface area contributed by atoms with E-state index in [1.807, 2.05) is 27.6 Å². The number of pyridine rings is 1. The van der Waals surface area contributed by atoms with Crippen LogP contribution in [0.15, 0.2) is 42.6 Å². The first-order chi connectivity index (χ1) is 15.2. The molecule has 1 saturated heterocycles. The van der Waals surface area contributed by atoms with Crippen molar-refractivity contribution in [1.29, 1.82) is 0 Å². The first-order valence-electron chi connectivity index (χ1n) is 11.4. The Hall–Kier alpha value is -2.37. The quantitative estimate of drug-likeness (QED) is 0.606. The molecule has 0 N–H and O–H groups in total. The van der Waals surface area contributed by atoms with E-state index in [-0.39, 0.29) is 5.91 Å². The Labute approximate surface area is 187 Å². The number of amides is 1. The number of hydrogen-bond donors (Lipinski definition) is 0. The van der Waals surface area contributed by atoms with Crippen molar-refractivity contribution in [2.75, 3.05) is 13.1 Å². The van der Waals surface area contributed by atoms with Crippen LogP contribution in [-0.4, -0.2) is 44.2 Å². The van der Waals surface area contributed by atoms with Crippen molar-refractivity contribution < 1.29 is 4.79 Å². The zero-order valence-corrected chi connectivity index (χ0v) is 18.4. The number of halogens is 1. The van der Waals surface area contributed by atoms with Crippen molar-refractivity contribution in [2.45, 2.75) is 51.2 Å². The van der Waals surface area contributed by atoms with Gasteiger partial charge >= 0.3 is 0 Å². The second-order valence-corrected chi connectivity index (χ2v) is 9.78. The number of carbonyl (C=O) groups is 1. The van der Waals surface area contributed by atoms with Crippen LogP contribution in [0.2, 0.25) is 5.02 Å². The lowest BCUT2D eigenvalue weighted by Crippen LogP contribution is -2.37. The molecule has 1 saturated carbocycles. The summed E-state index contributed by atoms with van der Waals surface area (Å²) < 4.78 is 2.04. The number of carbonyl (C=O) groups excluding carboxylic acids is 1. The molecule has 160 valence electrons. The van der Waals surface area contributed by atoms with E-state index >= 15 is 0 Å². The maximum atomic E-state index is 13.7. The zero-order chi connectivity index (χ0) is 20.9. The van der Waals surface area contributed by atoms with Gasteiger partial charge in [0.05, 0.1) is 10.7 Å². The van der Waals surface area contributed by atoms with E-state index in [4.69, 9.17) is 16.6 Å². The van der Waals surface area contributed by atoms with Crippen molar-refractivity contribution in [3.8, 4) is 0 Å². The van der Waals surface area contributed by atoms with Crippen LogP contribution in [0.1, 0.15) is 53.0 Å². The molecule has 1 amide bonds. The van der Waals surface area contributed by atoms with Crippen molar-refractivity contribution >= 4 is 23.2 Å². The summed E-state index contributed by atoms with van der Waals surface area (Å²) in [6, 6.07) is 12.8. The molecule has 3 aliphatic rings. The summed E-state index contributed by atoms with van der Waals surface area (Å²) in [6.45, 7) is 3.27. The number of rotatable bonds is 3. The number of imidazole rings is 1. The Morgan fingerprint density at radius 1 is 1.13 bits per heavy atom. The van der Waals surface area contributed by atoms with Gasteiger partial charge < -0.3 is 9.30 Å². The van der Waals surface area contributed by atoms with Crippen molar-refractivity contribution in [2.24, 2.45) is 5.92 Å². The molecule has 3 aromatic rings. The highest BCUT2D eigenvalue weighted by Gasteiger charge is 2.36. The van der Waals surface area contributed by atoms with E-state index in [9.17, 15) is 4.79 Å². The highest BCUT2D eigenvalue weighted by atomic mass is 35.5. The van der Waals surface area contributed by atoms with Gasteiger partial charge in [-0.15, -0.1) is 0 Å². The fourth-order valence-corrected chi connectivity index (χ4v) is 6.00. The summed E-state index contributed by atoms with van der Waals surface area (Å²) in [4.78, 5) is 23.0. The molecule has 1 aromatic carbocycles. The average Bonchev–Trinajstić information content (AvgIpc) is 3.29. The Morgan fingerprint density at radius 2 is 2.00 bits per heavy atom. The summed E-state index contributed by atoms with van der Waals surface area (Å²) in [7, 11) is 0. The predicted octanol–water partition coefficient (Wildman–Crippen LogP) is 4.56. The molecule has 6 heteroatoms. The van der Waals surface area contributed by atoms with Crippen LogP contribution >= 0.6 is 11.6 Å². The van der Waals surface area contributed by atoms with Crippen molar-refractivity contribution in [3.63, 3.8) is 0 Å². The molecule has 2 atom stereocenters. The number of fused-ring (bicyclic) bond motifs is 4. The summed E-state index contributed by atoms with van der Waals surface area (Å²) in [6.07, 6.45) is 8.02. The summed E-state index contributed by atoms with van der Waals surface area (Å²) >= 11 is 6.33. The maximum absolute atomic E-state index is 13.7. The van der Waals surface area contributed by atoms with E-state index < -0.39 is 0 Å². The van der Waals surface area contributed by atoms with Crippen LogP contribution in [0.25, 0.3) is 5.65 Å². The first-order valence-corrected chi connectivity index (χ1v) is 11.8. The van der Waals surface area contributed by atoms with E-state index in [1.165, 1.54) is 36.8 Å². The molecule has 1 aliphatic carbocycles. The minimum atomic E-state index is 0.0338. The van der Waals surface area contributed by atoms with Crippen LogP contribution in [0.5, 0.6) is 0 Å². The standard InChI is InChI=1S/C25H27ClN4O/c26-20-8-9-23-27-24(25(31)28-11-10-18-5-1-2-6-19(18)14-28)22(30(23)15-20)16-29-13-17-4-3-7-21(29)12-17/h1-2,5-6,8-9,15,17,21H,3-4,7,10-14,16H2/t17-,21+/m1/s1. The highest BCUT2D eigenvalue weighted by molar-refractivity contribution is 6.30. The van der Waals surface area contributed by atoms with Gasteiger partial charge in [-0.05, 0) is 54.9 Å². The largest absolute Gasteiger partial charge is 0.333 e. The normalized spacial score (nSPS) is 23.3. The molecule has 2 fully saturated rings. The SMILES string of the molecule is O=C(c1nc2ccc(Cl)cn2c1CN1C[C@@H]2CCC[C@H]1C2)N1CCc2ccccc2C1. The van der Waals surface area contributed by atoms with Crippen LogP contribution in [0.3, 0.4) is 0 Å². The van der Waals surface area contributed by atoms with Gasteiger partial charge in [0.25, 0.3) is 5.91 Å². The first kappa shape index (κ1) is 19.3. The molecular formula is C25H27ClN4O. The fourth-order valence-electron chi connectivity index (χ4n) is 5.84. The molecule has 6 rings (SSSR count). The van der Waals surface area contributed by atoms with Gasteiger partial charge in [-0.3, -0.25) is 9.69 Å². The molecule has 0 radical (unpaired) electrons. The van der Waals surface area contributed by atoms with Gasteiger partial charge in [0.15, 0.2) is 5.69 Å². The van der Waals surface area contributed by atoms with Crippen LogP contribution in [-0.2, 0) is 19.5 Å². The molecule has 2 aliphatic heterocycles. The molecular weight excluding hydrogens is 408 g/mol. The lowest BCUT2D eigenvalue weighted by molar-refractivity contribution is 0.0726. The maximum Gasteiger partial charge on any atom is 0.274 e. The zero-order valence-electron chi connectivity index (χ0n) is 17.6. The molecule has 5 nitrogen and oxygen atoms in total. The number of benzene rings is 1. The third-order valence-electron chi connectivity index (χ3n) is 7.42. The van der Waals surface area contributed by atoms with E-state index in [0.717, 1.165) is 43.3 Å². The lowest BCUT2D eigenvalue weighted by Gasteiger charge is -2.29. The fraction of sp³-hybridized carbons (Fsp3) is 0.440. The molecule has 2 aromatic heterocycles. The minimum absolute atomic E-state index is 0.0338. The Bertz CT molecular complexity index is 1160. The molecule has 4 heterocycles. The van der Waals surface area contributed by atoms with Crippen LogP contribution in [0.4, 0.5) is 0 Å². The second kappa shape index (κ2) is 7.64. The minimum Gasteiger partial charge on any atom is -0.333 e. The second-order valence-electron chi connectivity index (χ2n) is 9.34. The summed E-state index contributed by atoms with van der Waals surface area (Å²) in [5.41, 5.74) is 4.95. The molecule has 0 unspecified atom stereocenters. The van der Waals surface area contributed by atoms with E-state index in [0.29, 0.717) is 23.3 Å². The summed E-state index contributed by atoms with van der Waals surface area (Å²) in [5, 5.41) is 0.664. The van der Waals surface area contributed by atoms with Gasteiger partial charge in [0, 0.05) is 38.4 Å². The van der Waals surface area contributed by atoms with Gasteiger partial charge in [-0.2, -0.15) is 0 Å². The number of hydrogen-bond acceptors (Lipinski definition) is 3. The third-order valence-corrected chi connectivity index (χ3v) is 7.64. The monoisotopic (exact) mass is 434 g/mol. The van der Waals surface area contributed by atoms with Gasteiger partial charge in [-0.1, -0.05) is 42.3 Å². The van der Waals surface area contributed by atoms with Crippen molar-refractivity contribution in [1.82, 2.24) is 19.2 Å². The number of likely N-dealkylation sites (tertiary alicyclic amines) is 1. The van der Waals surface area contributed by atoms with Gasteiger partial charge in [0.1, 0.15) is 5.65 Å². The highest BCUT2D eigenvalue weighted by Crippen LogP contribution is 2.36. The lowest BCUT2D eigenvalue weighted by atomic mass is 9.90. The van der Waals surface area contributed by atoms with Gasteiger partial charge in [-0.25, -0.2) is 4.98 Å². The number of nitrogens with zero attached hydrogens (tertiary/aromatic N) is 4.